The van der Waals surface area contributed by atoms with Gasteiger partial charge in [0.15, 0.2) is 0 Å². The van der Waals surface area contributed by atoms with Gasteiger partial charge in [0.25, 0.3) is 0 Å². The fourth-order valence-electron chi connectivity index (χ4n) is 3.78. The molecule has 1 aliphatic carbocycles. The summed E-state index contributed by atoms with van der Waals surface area (Å²) in [6, 6.07) is 8.47. The van der Waals surface area contributed by atoms with Crippen molar-refractivity contribution in [2.24, 2.45) is 5.41 Å². The molecule has 0 bridgehead atoms. The summed E-state index contributed by atoms with van der Waals surface area (Å²) in [5.74, 6) is -0.647. The van der Waals surface area contributed by atoms with Crippen LogP contribution in [0.3, 0.4) is 0 Å². The van der Waals surface area contributed by atoms with Crippen molar-refractivity contribution in [3.8, 4) is 0 Å². The predicted molar refractivity (Wildman–Crippen MR) is 80.2 cm³/mol. The molecule has 1 unspecified atom stereocenters. The molecule has 1 spiro atoms. The zero-order valence-electron chi connectivity index (χ0n) is 12.1. The molecule has 1 aromatic rings. The average Bonchev–Trinajstić information content (AvgIpc) is 2.86. The first-order chi connectivity index (χ1) is 9.58. The summed E-state index contributed by atoms with van der Waals surface area (Å²) in [7, 11) is 0. The Kier molecular flexibility index (Phi) is 3.45. The lowest BCUT2D eigenvalue weighted by molar-refractivity contribution is -0.137. The minimum absolute atomic E-state index is 0.0825. The third-order valence-electron chi connectivity index (χ3n) is 5.02. The van der Waals surface area contributed by atoms with E-state index >= 15 is 0 Å². The molecular formula is C17H23NO2. The van der Waals surface area contributed by atoms with E-state index in [0.717, 1.165) is 5.56 Å². The molecule has 2 fully saturated rings. The standard InChI is InChI=1S/C17H23NO2/c1-13(10-16(19)20)14-4-6-15(7-5-14)18-11-17(12-18)8-2-3-9-17/h4-7,13H,2-3,8-12H2,1H3,(H,19,20). The van der Waals surface area contributed by atoms with Gasteiger partial charge in [-0.05, 0) is 36.5 Å². The number of benzene rings is 1. The summed E-state index contributed by atoms with van der Waals surface area (Å²) < 4.78 is 0. The number of carbonyl (C=O) groups is 1. The zero-order chi connectivity index (χ0) is 14.2. The molecule has 3 rings (SSSR count). The van der Waals surface area contributed by atoms with Crippen molar-refractivity contribution in [3.05, 3.63) is 29.8 Å². The van der Waals surface area contributed by atoms with E-state index in [-0.39, 0.29) is 12.3 Å². The summed E-state index contributed by atoms with van der Waals surface area (Å²) in [4.78, 5) is 13.2. The number of carboxylic acid groups (broad SMARTS) is 1. The van der Waals surface area contributed by atoms with Gasteiger partial charge in [-0.25, -0.2) is 0 Å². The topological polar surface area (TPSA) is 40.5 Å². The monoisotopic (exact) mass is 273 g/mol. The summed E-state index contributed by atoms with van der Waals surface area (Å²) in [5, 5.41) is 8.84. The highest BCUT2D eigenvalue weighted by atomic mass is 16.4. The first kappa shape index (κ1) is 13.5. The average molecular weight is 273 g/mol. The first-order valence-corrected chi connectivity index (χ1v) is 7.65. The van der Waals surface area contributed by atoms with Crippen LogP contribution < -0.4 is 4.90 Å². The van der Waals surface area contributed by atoms with Crippen LogP contribution in [0.1, 0.15) is 50.5 Å². The Morgan fingerprint density at radius 1 is 1.25 bits per heavy atom. The Balaban J connectivity index is 1.61. The van der Waals surface area contributed by atoms with Crippen molar-refractivity contribution in [2.75, 3.05) is 18.0 Å². The maximum atomic E-state index is 10.7. The number of carboxylic acids is 1. The molecule has 1 aliphatic heterocycles. The number of hydrogen-bond donors (Lipinski definition) is 1. The first-order valence-electron chi connectivity index (χ1n) is 7.65. The lowest BCUT2D eigenvalue weighted by Gasteiger charge is -2.49. The molecule has 1 atom stereocenters. The molecule has 20 heavy (non-hydrogen) atoms. The molecule has 3 heteroatoms. The molecule has 2 aliphatic rings. The van der Waals surface area contributed by atoms with Gasteiger partial charge in [-0.2, -0.15) is 0 Å². The van der Waals surface area contributed by atoms with E-state index in [1.807, 2.05) is 6.92 Å². The largest absolute Gasteiger partial charge is 0.481 e. The van der Waals surface area contributed by atoms with Crippen molar-refractivity contribution in [1.29, 1.82) is 0 Å². The Morgan fingerprint density at radius 3 is 2.40 bits per heavy atom. The van der Waals surface area contributed by atoms with Gasteiger partial charge in [0, 0.05) is 24.2 Å². The molecule has 0 amide bonds. The molecule has 0 radical (unpaired) electrons. The van der Waals surface area contributed by atoms with Crippen LogP contribution in [0.15, 0.2) is 24.3 Å². The molecule has 1 saturated heterocycles. The smallest absolute Gasteiger partial charge is 0.303 e. The zero-order valence-corrected chi connectivity index (χ0v) is 12.1. The summed E-state index contributed by atoms with van der Waals surface area (Å²) in [6.45, 7) is 4.38. The van der Waals surface area contributed by atoms with E-state index in [2.05, 4.69) is 29.2 Å². The lowest BCUT2D eigenvalue weighted by Crippen LogP contribution is -2.55. The number of rotatable bonds is 4. The second-order valence-electron chi connectivity index (χ2n) is 6.65. The number of nitrogens with zero attached hydrogens (tertiary/aromatic N) is 1. The lowest BCUT2D eigenvalue weighted by atomic mass is 9.78. The van der Waals surface area contributed by atoms with Gasteiger partial charge >= 0.3 is 5.97 Å². The fourth-order valence-corrected chi connectivity index (χ4v) is 3.78. The molecule has 108 valence electrons. The van der Waals surface area contributed by atoms with Gasteiger partial charge < -0.3 is 10.0 Å². The highest BCUT2D eigenvalue weighted by Gasteiger charge is 2.44. The quantitative estimate of drug-likeness (QED) is 0.910. The highest BCUT2D eigenvalue weighted by molar-refractivity contribution is 5.68. The van der Waals surface area contributed by atoms with Gasteiger partial charge in [0.2, 0.25) is 0 Å². The van der Waals surface area contributed by atoms with Crippen molar-refractivity contribution in [1.82, 2.24) is 0 Å². The molecule has 1 aromatic carbocycles. The van der Waals surface area contributed by atoms with Crippen LogP contribution in [0, 0.1) is 5.41 Å². The van der Waals surface area contributed by atoms with Crippen molar-refractivity contribution < 1.29 is 9.90 Å². The molecule has 1 N–H and O–H groups in total. The maximum absolute atomic E-state index is 10.7. The third kappa shape index (κ3) is 2.54. The minimum atomic E-state index is -0.729. The van der Waals surface area contributed by atoms with Crippen LogP contribution in [-0.2, 0) is 4.79 Å². The predicted octanol–water partition coefficient (Wildman–Crippen LogP) is 3.65. The number of hydrogen-bond acceptors (Lipinski definition) is 2. The van der Waals surface area contributed by atoms with Crippen LogP contribution in [0.4, 0.5) is 5.69 Å². The Hall–Kier alpha value is -1.51. The second kappa shape index (κ2) is 5.12. The summed E-state index contributed by atoms with van der Waals surface area (Å²) in [6.07, 6.45) is 5.81. The number of anilines is 1. The van der Waals surface area contributed by atoms with Crippen LogP contribution >= 0.6 is 0 Å². The molecule has 3 nitrogen and oxygen atoms in total. The van der Waals surface area contributed by atoms with E-state index in [1.54, 1.807) is 0 Å². The van der Waals surface area contributed by atoms with E-state index in [4.69, 9.17) is 5.11 Å². The summed E-state index contributed by atoms with van der Waals surface area (Å²) in [5.41, 5.74) is 3.02. The van der Waals surface area contributed by atoms with Crippen LogP contribution in [0.5, 0.6) is 0 Å². The van der Waals surface area contributed by atoms with Gasteiger partial charge in [-0.3, -0.25) is 4.79 Å². The Labute approximate surface area is 120 Å². The molecule has 1 saturated carbocycles. The van der Waals surface area contributed by atoms with Crippen LogP contribution in [0.25, 0.3) is 0 Å². The maximum Gasteiger partial charge on any atom is 0.303 e. The fraction of sp³-hybridized carbons (Fsp3) is 0.588. The van der Waals surface area contributed by atoms with Crippen molar-refractivity contribution in [3.63, 3.8) is 0 Å². The third-order valence-corrected chi connectivity index (χ3v) is 5.02. The van der Waals surface area contributed by atoms with Gasteiger partial charge in [-0.15, -0.1) is 0 Å². The van der Waals surface area contributed by atoms with E-state index in [0.29, 0.717) is 5.41 Å². The van der Waals surface area contributed by atoms with Crippen LogP contribution in [0.2, 0.25) is 0 Å². The summed E-state index contributed by atoms with van der Waals surface area (Å²) >= 11 is 0. The number of aliphatic carboxylic acids is 1. The second-order valence-corrected chi connectivity index (χ2v) is 6.65. The Bertz CT molecular complexity index is 480. The Morgan fingerprint density at radius 2 is 1.85 bits per heavy atom. The minimum Gasteiger partial charge on any atom is -0.481 e. The molecule has 0 aromatic heterocycles. The van der Waals surface area contributed by atoms with E-state index in [9.17, 15) is 4.79 Å². The van der Waals surface area contributed by atoms with E-state index < -0.39 is 5.97 Å². The van der Waals surface area contributed by atoms with Gasteiger partial charge in [-0.1, -0.05) is 31.9 Å². The van der Waals surface area contributed by atoms with Gasteiger partial charge in [0.05, 0.1) is 6.42 Å². The van der Waals surface area contributed by atoms with Crippen molar-refractivity contribution >= 4 is 11.7 Å². The van der Waals surface area contributed by atoms with E-state index in [1.165, 1.54) is 44.5 Å². The normalized spacial score (nSPS) is 21.8. The molecular weight excluding hydrogens is 250 g/mol. The van der Waals surface area contributed by atoms with Gasteiger partial charge in [0.1, 0.15) is 0 Å². The SMILES string of the molecule is CC(CC(=O)O)c1ccc(N2CC3(CCCC3)C2)cc1. The van der Waals surface area contributed by atoms with Crippen LogP contribution in [-0.4, -0.2) is 24.2 Å². The van der Waals surface area contributed by atoms with Crippen molar-refractivity contribution in [2.45, 2.75) is 44.9 Å². The highest BCUT2D eigenvalue weighted by Crippen LogP contribution is 2.46. The molecule has 1 heterocycles.